The fraction of sp³-hybridized carbons (Fsp3) is 0.360. The van der Waals surface area contributed by atoms with Crippen molar-refractivity contribution in [2.24, 2.45) is 5.41 Å². The first-order valence-corrected chi connectivity index (χ1v) is 11.5. The molecule has 156 valence electrons. The molecule has 1 aliphatic rings. The van der Waals surface area contributed by atoms with Crippen molar-refractivity contribution in [3.8, 4) is 10.4 Å². The quantitative estimate of drug-likeness (QED) is 0.600. The Bertz CT molecular complexity index is 971. The SMILES string of the molecule is CC(C)NC(=O)C1(Cc2ccccc2-c2cccs2)CCN(Cc2ccncc2)C1. The van der Waals surface area contributed by atoms with Crippen LogP contribution in [-0.4, -0.2) is 34.9 Å². The number of carbonyl (C=O) groups excluding carboxylic acids is 1. The smallest absolute Gasteiger partial charge is 0.228 e. The molecule has 0 aliphatic carbocycles. The Morgan fingerprint density at radius 2 is 1.97 bits per heavy atom. The number of pyridine rings is 1. The van der Waals surface area contributed by atoms with Crippen LogP contribution < -0.4 is 5.32 Å². The second-order valence-corrected chi connectivity index (χ2v) is 9.48. The van der Waals surface area contributed by atoms with Crippen molar-refractivity contribution < 1.29 is 4.79 Å². The van der Waals surface area contributed by atoms with E-state index in [1.807, 2.05) is 26.2 Å². The average molecular weight is 420 g/mol. The van der Waals surface area contributed by atoms with Gasteiger partial charge in [0.15, 0.2) is 0 Å². The van der Waals surface area contributed by atoms with Crippen LogP contribution in [0, 0.1) is 5.41 Å². The highest BCUT2D eigenvalue weighted by Gasteiger charge is 2.45. The van der Waals surface area contributed by atoms with E-state index in [0.29, 0.717) is 0 Å². The van der Waals surface area contributed by atoms with Crippen LogP contribution >= 0.6 is 11.3 Å². The van der Waals surface area contributed by atoms with Crippen molar-refractivity contribution in [3.05, 3.63) is 77.4 Å². The first kappa shape index (κ1) is 20.8. The van der Waals surface area contributed by atoms with Crippen LogP contribution in [0.5, 0.6) is 0 Å². The minimum Gasteiger partial charge on any atom is -0.353 e. The molecule has 5 heteroatoms. The van der Waals surface area contributed by atoms with Crippen molar-refractivity contribution in [1.82, 2.24) is 15.2 Å². The van der Waals surface area contributed by atoms with Gasteiger partial charge in [-0.3, -0.25) is 14.7 Å². The highest BCUT2D eigenvalue weighted by Crippen LogP contribution is 2.39. The molecule has 4 nitrogen and oxygen atoms in total. The molecule has 3 aromatic rings. The summed E-state index contributed by atoms with van der Waals surface area (Å²) in [5, 5.41) is 5.32. The normalized spacial score (nSPS) is 19.3. The third-order valence-electron chi connectivity index (χ3n) is 5.82. The summed E-state index contributed by atoms with van der Waals surface area (Å²) in [7, 11) is 0. The van der Waals surface area contributed by atoms with Gasteiger partial charge in [0, 0.05) is 36.4 Å². The monoisotopic (exact) mass is 419 g/mol. The van der Waals surface area contributed by atoms with Gasteiger partial charge in [0.05, 0.1) is 5.41 Å². The van der Waals surface area contributed by atoms with Gasteiger partial charge in [-0.1, -0.05) is 30.3 Å². The molecule has 1 amide bonds. The molecule has 4 rings (SSSR count). The Balaban J connectivity index is 1.61. The van der Waals surface area contributed by atoms with E-state index in [-0.39, 0.29) is 11.9 Å². The number of benzene rings is 1. The van der Waals surface area contributed by atoms with Gasteiger partial charge in [0.1, 0.15) is 0 Å². The summed E-state index contributed by atoms with van der Waals surface area (Å²) >= 11 is 1.75. The van der Waals surface area contributed by atoms with Gasteiger partial charge >= 0.3 is 0 Å². The second-order valence-electron chi connectivity index (χ2n) is 8.54. The van der Waals surface area contributed by atoms with E-state index in [1.54, 1.807) is 11.3 Å². The van der Waals surface area contributed by atoms with Gasteiger partial charge in [0.25, 0.3) is 0 Å². The number of aromatic nitrogens is 1. The number of carbonyl (C=O) groups is 1. The van der Waals surface area contributed by atoms with E-state index < -0.39 is 5.41 Å². The molecule has 3 heterocycles. The molecule has 0 bridgehead atoms. The zero-order chi connectivity index (χ0) is 21.0. The Morgan fingerprint density at radius 3 is 2.70 bits per heavy atom. The number of likely N-dealkylation sites (tertiary alicyclic amines) is 1. The number of rotatable bonds is 7. The maximum Gasteiger partial charge on any atom is 0.228 e. The molecule has 0 saturated carbocycles. The molecule has 1 aromatic carbocycles. The molecular formula is C25H29N3OS. The van der Waals surface area contributed by atoms with Crippen molar-refractivity contribution in [2.75, 3.05) is 13.1 Å². The lowest BCUT2D eigenvalue weighted by molar-refractivity contribution is -0.131. The molecule has 1 unspecified atom stereocenters. The van der Waals surface area contributed by atoms with Crippen LogP contribution in [0.4, 0.5) is 0 Å². The van der Waals surface area contributed by atoms with E-state index in [2.05, 4.69) is 69.1 Å². The summed E-state index contributed by atoms with van der Waals surface area (Å²) < 4.78 is 0. The molecule has 1 atom stereocenters. The highest BCUT2D eigenvalue weighted by molar-refractivity contribution is 7.13. The Hall–Kier alpha value is -2.50. The maximum absolute atomic E-state index is 13.4. The summed E-state index contributed by atoms with van der Waals surface area (Å²) in [5.74, 6) is 0.177. The summed E-state index contributed by atoms with van der Waals surface area (Å²) in [5.41, 5.74) is 3.33. The largest absolute Gasteiger partial charge is 0.353 e. The van der Waals surface area contributed by atoms with Crippen LogP contribution in [0.3, 0.4) is 0 Å². The van der Waals surface area contributed by atoms with Crippen LogP contribution in [0.2, 0.25) is 0 Å². The minimum absolute atomic E-state index is 0.135. The number of nitrogens with one attached hydrogen (secondary N) is 1. The number of hydrogen-bond donors (Lipinski definition) is 1. The van der Waals surface area contributed by atoms with Gasteiger partial charge in [-0.2, -0.15) is 0 Å². The lowest BCUT2D eigenvalue weighted by atomic mass is 9.78. The molecule has 1 fully saturated rings. The summed E-state index contributed by atoms with van der Waals surface area (Å²) in [6.07, 6.45) is 5.30. The summed E-state index contributed by atoms with van der Waals surface area (Å²) in [6.45, 7) is 6.62. The van der Waals surface area contributed by atoms with E-state index in [4.69, 9.17) is 0 Å². The van der Waals surface area contributed by atoms with Crippen LogP contribution in [-0.2, 0) is 17.8 Å². The second kappa shape index (κ2) is 9.11. The first-order valence-electron chi connectivity index (χ1n) is 10.6. The predicted molar refractivity (Wildman–Crippen MR) is 123 cm³/mol. The van der Waals surface area contributed by atoms with Crippen LogP contribution in [0.1, 0.15) is 31.4 Å². The third kappa shape index (κ3) is 4.63. The third-order valence-corrected chi connectivity index (χ3v) is 6.73. The van der Waals surface area contributed by atoms with E-state index in [0.717, 1.165) is 32.5 Å². The van der Waals surface area contributed by atoms with Gasteiger partial charge in [0.2, 0.25) is 5.91 Å². The molecule has 1 N–H and O–H groups in total. The standard InChI is InChI=1S/C25H29N3OS/c1-19(2)27-24(29)25(11-14-28(18-25)17-20-9-12-26-13-10-20)16-21-6-3-4-7-22(21)23-8-5-15-30-23/h3-10,12-13,15,19H,11,14,16-18H2,1-2H3,(H,27,29). The number of hydrogen-bond acceptors (Lipinski definition) is 4. The molecule has 1 aliphatic heterocycles. The van der Waals surface area contributed by atoms with Gasteiger partial charge in [-0.25, -0.2) is 0 Å². The predicted octanol–water partition coefficient (Wildman–Crippen LogP) is 4.77. The lowest BCUT2D eigenvalue weighted by Gasteiger charge is -2.30. The Morgan fingerprint density at radius 1 is 1.17 bits per heavy atom. The average Bonchev–Trinajstić information content (AvgIpc) is 3.40. The molecule has 1 saturated heterocycles. The minimum atomic E-state index is -0.412. The van der Waals surface area contributed by atoms with Gasteiger partial charge in [-0.05, 0) is 73.5 Å². The van der Waals surface area contributed by atoms with Crippen molar-refractivity contribution >= 4 is 17.2 Å². The fourth-order valence-corrected chi connectivity index (χ4v) is 5.16. The van der Waals surface area contributed by atoms with E-state index >= 15 is 0 Å². The van der Waals surface area contributed by atoms with Crippen molar-refractivity contribution in [1.29, 1.82) is 0 Å². The fourth-order valence-electron chi connectivity index (χ4n) is 4.38. The van der Waals surface area contributed by atoms with Crippen molar-refractivity contribution in [3.63, 3.8) is 0 Å². The molecular weight excluding hydrogens is 390 g/mol. The van der Waals surface area contributed by atoms with E-state index in [9.17, 15) is 4.79 Å². The van der Waals surface area contributed by atoms with Gasteiger partial charge in [-0.15, -0.1) is 11.3 Å². The van der Waals surface area contributed by atoms with E-state index in [1.165, 1.54) is 21.6 Å². The van der Waals surface area contributed by atoms with Crippen LogP contribution in [0.15, 0.2) is 66.3 Å². The van der Waals surface area contributed by atoms with Crippen molar-refractivity contribution in [2.45, 2.75) is 39.3 Å². The maximum atomic E-state index is 13.4. The Kier molecular flexibility index (Phi) is 6.30. The highest BCUT2D eigenvalue weighted by atomic mass is 32.1. The summed E-state index contributed by atoms with van der Waals surface area (Å²) in [4.78, 5) is 21.2. The zero-order valence-corrected chi connectivity index (χ0v) is 18.5. The first-order chi connectivity index (χ1) is 14.6. The number of amides is 1. The molecule has 2 aromatic heterocycles. The number of thiophene rings is 1. The van der Waals surface area contributed by atoms with Gasteiger partial charge < -0.3 is 5.32 Å². The molecule has 0 radical (unpaired) electrons. The summed E-state index contributed by atoms with van der Waals surface area (Å²) in [6, 6.07) is 17.0. The van der Waals surface area contributed by atoms with Crippen LogP contribution in [0.25, 0.3) is 10.4 Å². The lowest BCUT2D eigenvalue weighted by Crippen LogP contribution is -2.46. The topological polar surface area (TPSA) is 45.2 Å². The Labute approximate surface area is 183 Å². The molecule has 0 spiro atoms. The number of nitrogens with zero attached hydrogens (tertiary/aromatic N) is 2. The molecule has 30 heavy (non-hydrogen) atoms. The zero-order valence-electron chi connectivity index (χ0n) is 17.7.